The number of halogens is 1. The van der Waals surface area contributed by atoms with Crippen LogP contribution < -0.4 is 0 Å². The molecule has 5 nitrogen and oxygen atoms in total. The highest BCUT2D eigenvalue weighted by molar-refractivity contribution is 6.32. The second kappa shape index (κ2) is 6.72. The number of aliphatic hydroxyl groups is 1. The van der Waals surface area contributed by atoms with Gasteiger partial charge in [0.1, 0.15) is 0 Å². The van der Waals surface area contributed by atoms with Crippen molar-refractivity contribution >= 4 is 17.5 Å². The molecule has 2 aromatic rings. The summed E-state index contributed by atoms with van der Waals surface area (Å²) in [6.07, 6.45) is 3.50. The molecule has 2 heterocycles. The summed E-state index contributed by atoms with van der Waals surface area (Å²) < 4.78 is 1.70. The van der Waals surface area contributed by atoms with Crippen molar-refractivity contribution in [1.82, 2.24) is 14.7 Å². The molecule has 0 bridgehead atoms. The molecule has 1 amide bonds. The Hall–Kier alpha value is -1.85. The number of piperidine rings is 1. The fourth-order valence-electron chi connectivity index (χ4n) is 3.05. The highest BCUT2D eigenvalue weighted by Gasteiger charge is 2.26. The highest BCUT2D eigenvalue weighted by atomic mass is 35.5. The topological polar surface area (TPSA) is 58.4 Å². The van der Waals surface area contributed by atoms with E-state index in [-0.39, 0.29) is 18.4 Å². The normalized spacial score (nSPS) is 18.2. The first-order chi connectivity index (χ1) is 11.1. The Morgan fingerprint density at radius 3 is 2.96 bits per heavy atom. The summed E-state index contributed by atoms with van der Waals surface area (Å²) in [4.78, 5) is 14.6. The van der Waals surface area contributed by atoms with Crippen molar-refractivity contribution in [3.63, 3.8) is 0 Å². The lowest BCUT2D eigenvalue weighted by atomic mass is 9.98. The monoisotopic (exact) mass is 333 g/mol. The molecule has 0 saturated carbocycles. The summed E-state index contributed by atoms with van der Waals surface area (Å²) in [6.45, 7) is 3.33. The standard InChI is InChI=1S/C17H20ClN3O2/c1-12-14(17(23)20-8-4-5-13(10-20)11-22)9-19-21(12)16-7-3-2-6-15(16)18/h2-3,6-7,9,13,22H,4-5,8,10-11H2,1H3. The second-order valence-electron chi connectivity index (χ2n) is 5.95. The molecule has 1 unspecified atom stereocenters. The van der Waals surface area contributed by atoms with Gasteiger partial charge in [-0.25, -0.2) is 4.68 Å². The molecular weight excluding hydrogens is 314 g/mol. The molecule has 0 spiro atoms. The zero-order valence-electron chi connectivity index (χ0n) is 13.1. The van der Waals surface area contributed by atoms with Crippen molar-refractivity contribution in [2.45, 2.75) is 19.8 Å². The summed E-state index contributed by atoms with van der Waals surface area (Å²) in [5.74, 6) is 0.144. The minimum Gasteiger partial charge on any atom is -0.396 e. The van der Waals surface area contributed by atoms with Crippen LogP contribution in [0.4, 0.5) is 0 Å². The third-order valence-electron chi connectivity index (χ3n) is 4.39. The molecule has 0 radical (unpaired) electrons. The molecule has 1 aliphatic heterocycles. The molecule has 6 heteroatoms. The summed E-state index contributed by atoms with van der Waals surface area (Å²) in [7, 11) is 0. The van der Waals surface area contributed by atoms with Crippen LogP contribution in [0.3, 0.4) is 0 Å². The van der Waals surface area contributed by atoms with Crippen LogP contribution in [0.1, 0.15) is 28.9 Å². The Kier molecular flexibility index (Phi) is 4.68. The number of carbonyl (C=O) groups is 1. The number of para-hydroxylation sites is 1. The van der Waals surface area contributed by atoms with E-state index in [9.17, 15) is 9.90 Å². The smallest absolute Gasteiger partial charge is 0.257 e. The van der Waals surface area contributed by atoms with Gasteiger partial charge >= 0.3 is 0 Å². The largest absolute Gasteiger partial charge is 0.396 e. The van der Waals surface area contributed by atoms with Gasteiger partial charge in [-0.15, -0.1) is 0 Å². The Balaban J connectivity index is 1.87. The van der Waals surface area contributed by atoms with Gasteiger partial charge in [0.25, 0.3) is 5.91 Å². The van der Waals surface area contributed by atoms with Gasteiger partial charge in [0.2, 0.25) is 0 Å². The summed E-state index contributed by atoms with van der Waals surface area (Å²) in [6, 6.07) is 7.43. The average Bonchev–Trinajstić information content (AvgIpc) is 2.96. The molecule has 1 aromatic carbocycles. The summed E-state index contributed by atoms with van der Waals surface area (Å²) in [5.41, 5.74) is 2.12. The average molecular weight is 334 g/mol. The van der Waals surface area contributed by atoms with E-state index in [2.05, 4.69) is 5.10 Å². The molecule has 122 valence electrons. The Morgan fingerprint density at radius 1 is 1.43 bits per heavy atom. The fraction of sp³-hybridized carbons (Fsp3) is 0.412. The van der Waals surface area contributed by atoms with E-state index < -0.39 is 0 Å². The maximum Gasteiger partial charge on any atom is 0.257 e. The lowest BCUT2D eigenvalue weighted by Crippen LogP contribution is -2.41. The van der Waals surface area contributed by atoms with Crippen LogP contribution in [-0.4, -0.2) is 45.4 Å². The van der Waals surface area contributed by atoms with Gasteiger partial charge in [-0.3, -0.25) is 4.79 Å². The first-order valence-electron chi connectivity index (χ1n) is 7.81. The van der Waals surface area contributed by atoms with Gasteiger partial charge < -0.3 is 10.0 Å². The van der Waals surface area contributed by atoms with Crippen molar-refractivity contribution in [3.8, 4) is 5.69 Å². The zero-order valence-corrected chi connectivity index (χ0v) is 13.8. The number of hydrogen-bond acceptors (Lipinski definition) is 3. The highest BCUT2D eigenvalue weighted by Crippen LogP contribution is 2.24. The van der Waals surface area contributed by atoms with Crippen molar-refractivity contribution in [1.29, 1.82) is 0 Å². The first-order valence-corrected chi connectivity index (χ1v) is 8.19. The first kappa shape index (κ1) is 16.0. The predicted octanol–water partition coefficient (Wildman–Crippen LogP) is 2.68. The maximum atomic E-state index is 12.8. The van der Waals surface area contributed by atoms with E-state index in [1.807, 2.05) is 30.0 Å². The number of carbonyl (C=O) groups excluding carboxylic acids is 1. The lowest BCUT2D eigenvalue weighted by molar-refractivity contribution is 0.0620. The summed E-state index contributed by atoms with van der Waals surface area (Å²) >= 11 is 6.22. The minimum atomic E-state index is -0.0287. The molecule has 23 heavy (non-hydrogen) atoms. The van der Waals surface area contributed by atoms with Crippen molar-refractivity contribution in [3.05, 3.63) is 46.7 Å². The van der Waals surface area contributed by atoms with Gasteiger partial charge in [0.15, 0.2) is 0 Å². The molecule has 1 saturated heterocycles. The summed E-state index contributed by atoms with van der Waals surface area (Å²) in [5, 5.41) is 14.3. The molecule has 1 N–H and O–H groups in total. The lowest BCUT2D eigenvalue weighted by Gasteiger charge is -2.31. The van der Waals surface area contributed by atoms with Crippen LogP contribution in [0.25, 0.3) is 5.69 Å². The zero-order chi connectivity index (χ0) is 16.4. The van der Waals surface area contributed by atoms with Gasteiger partial charge in [0.05, 0.1) is 28.2 Å². The minimum absolute atomic E-state index is 0.0287. The van der Waals surface area contributed by atoms with Crippen LogP contribution in [0.5, 0.6) is 0 Å². The van der Waals surface area contributed by atoms with E-state index in [0.29, 0.717) is 17.1 Å². The van der Waals surface area contributed by atoms with Crippen LogP contribution in [0.2, 0.25) is 5.02 Å². The van der Waals surface area contributed by atoms with E-state index in [0.717, 1.165) is 30.8 Å². The van der Waals surface area contributed by atoms with E-state index in [4.69, 9.17) is 11.6 Å². The number of benzene rings is 1. The number of nitrogens with zero attached hydrogens (tertiary/aromatic N) is 3. The molecule has 0 aliphatic carbocycles. The number of hydrogen-bond donors (Lipinski definition) is 1. The van der Waals surface area contributed by atoms with E-state index in [1.54, 1.807) is 16.9 Å². The fourth-order valence-corrected chi connectivity index (χ4v) is 3.27. The molecule has 1 aliphatic rings. The Bertz CT molecular complexity index is 714. The second-order valence-corrected chi connectivity index (χ2v) is 6.36. The third-order valence-corrected chi connectivity index (χ3v) is 4.70. The number of amides is 1. The van der Waals surface area contributed by atoms with Gasteiger partial charge in [-0.05, 0) is 37.8 Å². The number of aromatic nitrogens is 2. The Morgan fingerprint density at radius 2 is 2.22 bits per heavy atom. The van der Waals surface area contributed by atoms with E-state index in [1.165, 1.54) is 0 Å². The SMILES string of the molecule is Cc1c(C(=O)N2CCCC(CO)C2)cnn1-c1ccccc1Cl. The van der Waals surface area contributed by atoms with Crippen molar-refractivity contribution in [2.24, 2.45) is 5.92 Å². The van der Waals surface area contributed by atoms with Crippen LogP contribution in [0.15, 0.2) is 30.5 Å². The molecule has 1 fully saturated rings. The Labute approximate surface area is 140 Å². The van der Waals surface area contributed by atoms with Gasteiger partial charge in [0, 0.05) is 19.7 Å². The predicted molar refractivity (Wildman–Crippen MR) is 89.0 cm³/mol. The quantitative estimate of drug-likeness (QED) is 0.939. The number of rotatable bonds is 3. The molecule has 1 aromatic heterocycles. The van der Waals surface area contributed by atoms with E-state index >= 15 is 0 Å². The molecular formula is C17H20ClN3O2. The molecule has 1 atom stereocenters. The number of likely N-dealkylation sites (tertiary alicyclic amines) is 1. The van der Waals surface area contributed by atoms with Crippen LogP contribution in [0, 0.1) is 12.8 Å². The van der Waals surface area contributed by atoms with Crippen LogP contribution in [-0.2, 0) is 0 Å². The third kappa shape index (κ3) is 3.12. The molecule has 3 rings (SSSR count). The van der Waals surface area contributed by atoms with Crippen molar-refractivity contribution in [2.75, 3.05) is 19.7 Å². The van der Waals surface area contributed by atoms with Crippen molar-refractivity contribution < 1.29 is 9.90 Å². The van der Waals surface area contributed by atoms with Gasteiger partial charge in [-0.2, -0.15) is 5.10 Å². The number of aliphatic hydroxyl groups excluding tert-OH is 1. The van der Waals surface area contributed by atoms with Gasteiger partial charge in [-0.1, -0.05) is 23.7 Å². The maximum absolute atomic E-state index is 12.8. The van der Waals surface area contributed by atoms with Crippen LogP contribution >= 0.6 is 11.6 Å².